The van der Waals surface area contributed by atoms with Gasteiger partial charge >= 0.3 is 11.9 Å². The van der Waals surface area contributed by atoms with Crippen LogP contribution in [0.5, 0.6) is 5.75 Å². The van der Waals surface area contributed by atoms with Crippen LogP contribution < -0.4 is 4.74 Å². The Morgan fingerprint density at radius 3 is 2.63 bits per heavy atom. The van der Waals surface area contributed by atoms with Gasteiger partial charge in [0.15, 0.2) is 0 Å². The molecule has 0 amide bonds. The van der Waals surface area contributed by atoms with E-state index < -0.39 is 11.9 Å². The molecule has 1 heterocycles. The van der Waals surface area contributed by atoms with Crippen LogP contribution in [0.15, 0.2) is 24.3 Å². The normalized spacial score (nSPS) is 11.0. The van der Waals surface area contributed by atoms with Crippen molar-refractivity contribution in [3.05, 3.63) is 35.5 Å². The number of aromatic nitrogens is 1. The highest BCUT2D eigenvalue weighted by Crippen LogP contribution is 2.27. The highest BCUT2D eigenvalue weighted by atomic mass is 16.5. The van der Waals surface area contributed by atoms with E-state index in [-0.39, 0.29) is 5.69 Å². The van der Waals surface area contributed by atoms with Gasteiger partial charge in [-0.25, -0.2) is 9.59 Å². The maximum absolute atomic E-state index is 11.1. The largest absolute Gasteiger partial charge is 0.497 e. The summed E-state index contributed by atoms with van der Waals surface area (Å²) in [4.78, 5) is 24.5. The summed E-state index contributed by atoms with van der Waals surface area (Å²) in [6.45, 7) is 0. The summed E-state index contributed by atoms with van der Waals surface area (Å²) >= 11 is 0. The van der Waals surface area contributed by atoms with E-state index in [0.717, 1.165) is 6.08 Å². The van der Waals surface area contributed by atoms with Gasteiger partial charge in [0, 0.05) is 22.5 Å². The number of hydrogen-bond donors (Lipinski definition) is 3. The molecule has 0 saturated heterocycles. The molecule has 2 aromatic rings. The minimum absolute atomic E-state index is 0.0549. The number of aromatic carboxylic acids is 1. The molecule has 0 unspecified atom stereocenters. The number of benzene rings is 1. The van der Waals surface area contributed by atoms with Crippen LogP contribution in [0.25, 0.3) is 17.0 Å². The Bertz CT molecular complexity index is 684. The van der Waals surface area contributed by atoms with Crippen LogP contribution in [0.4, 0.5) is 0 Å². The average molecular weight is 261 g/mol. The van der Waals surface area contributed by atoms with Gasteiger partial charge in [0.25, 0.3) is 0 Å². The van der Waals surface area contributed by atoms with Crippen molar-refractivity contribution >= 4 is 28.9 Å². The van der Waals surface area contributed by atoms with Crippen molar-refractivity contribution in [2.24, 2.45) is 0 Å². The maximum Gasteiger partial charge on any atom is 0.352 e. The van der Waals surface area contributed by atoms with Crippen LogP contribution in [-0.4, -0.2) is 34.2 Å². The quantitative estimate of drug-likeness (QED) is 0.730. The molecule has 98 valence electrons. The molecule has 0 saturated carbocycles. The van der Waals surface area contributed by atoms with Crippen molar-refractivity contribution in [1.29, 1.82) is 0 Å². The Balaban J connectivity index is 2.70. The lowest BCUT2D eigenvalue weighted by Gasteiger charge is -1.99. The van der Waals surface area contributed by atoms with Gasteiger partial charge in [-0.15, -0.1) is 0 Å². The number of aromatic amines is 1. The fourth-order valence-corrected chi connectivity index (χ4v) is 1.82. The molecule has 6 heteroatoms. The van der Waals surface area contributed by atoms with Gasteiger partial charge in [-0.1, -0.05) is 0 Å². The SMILES string of the molecule is COc1ccc2[nH]c(C(=O)O)c(/C=C\C(=O)O)c2c1. The van der Waals surface area contributed by atoms with Crippen LogP contribution >= 0.6 is 0 Å². The van der Waals surface area contributed by atoms with Crippen LogP contribution in [0.3, 0.4) is 0 Å². The van der Waals surface area contributed by atoms with E-state index in [2.05, 4.69) is 4.98 Å². The van der Waals surface area contributed by atoms with E-state index in [1.807, 2.05) is 0 Å². The number of nitrogens with one attached hydrogen (secondary N) is 1. The number of ether oxygens (including phenoxy) is 1. The van der Waals surface area contributed by atoms with E-state index in [1.54, 1.807) is 18.2 Å². The minimum atomic E-state index is -1.15. The topological polar surface area (TPSA) is 99.6 Å². The highest BCUT2D eigenvalue weighted by Gasteiger charge is 2.15. The zero-order chi connectivity index (χ0) is 14.0. The number of carboxylic acids is 2. The number of rotatable bonds is 4. The number of fused-ring (bicyclic) bond motifs is 1. The summed E-state index contributed by atoms with van der Waals surface area (Å²) in [5.74, 6) is -1.73. The van der Waals surface area contributed by atoms with Gasteiger partial charge in [-0.05, 0) is 24.3 Å². The van der Waals surface area contributed by atoms with Crippen LogP contribution in [-0.2, 0) is 4.79 Å². The first-order valence-corrected chi connectivity index (χ1v) is 5.37. The molecule has 2 rings (SSSR count). The second-order valence-corrected chi connectivity index (χ2v) is 3.80. The number of hydrogen-bond acceptors (Lipinski definition) is 3. The second-order valence-electron chi connectivity index (χ2n) is 3.80. The van der Waals surface area contributed by atoms with Crippen molar-refractivity contribution in [2.45, 2.75) is 0 Å². The number of carboxylic acid groups (broad SMARTS) is 2. The van der Waals surface area contributed by atoms with Crippen LogP contribution in [0.2, 0.25) is 0 Å². The standard InChI is InChI=1S/C13H11NO5/c1-19-7-2-4-10-9(6-7)8(3-5-11(15)16)12(14-10)13(17)18/h2-6,14H,1H3,(H,15,16)(H,17,18)/b5-3-. The van der Waals surface area contributed by atoms with Gasteiger partial charge in [-0.2, -0.15) is 0 Å². The van der Waals surface area contributed by atoms with E-state index in [9.17, 15) is 9.59 Å². The zero-order valence-electron chi connectivity index (χ0n) is 10.0. The highest BCUT2D eigenvalue weighted by molar-refractivity contribution is 6.03. The molecular formula is C13H11NO5. The number of aliphatic carboxylic acids is 1. The molecule has 0 atom stereocenters. The second kappa shape index (κ2) is 4.85. The van der Waals surface area contributed by atoms with Crippen molar-refractivity contribution in [3.63, 3.8) is 0 Å². The van der Waals surface area contributed by atoms with Gasteiger partial charge in [0.05, 0.1) is 7.11 Å². The summed E-state index contributed by atoms with van der Waals surface area (Å²) in [5, 5.41) is 18.4. The number of methoxy groups -OCH3 is 1. The van der Waals surface area contributed by atoms with Gasteiger partial charge < -0.3 is 19.9 Å². The smallest absolute Gasteiger partial charge is 0.352 e. The number of H-pyrrole nitrogens is 1. The van der Waals surface area contributed by atoms with E-state index in [4.69, 9.17) is 14.9 Å². The summed E-state index contributed by atoms with van der Waals surface area (Å²) < 4.78 is 5.07. The average Bonchev–Trinajstić information content (AvgIpc) is 2.74. The first-order chi connectivity index (χ1) is 9.02. The van der Waals surface area contributed by atoms with Crippen LogP contribution in [0.1, 0.15) is 16.1 Å². The monoisotopic (exact) mass is 261 g/mol. The van der Waals surface area contributed by atoms with E-state index in [0.29, 0.717) is 22.2 Å². The fourth-order valence-electron chi connectivity index (χ4n) is 1.82. The molecule has 0 radical (unpaired) electrons. The van der Waals surface area contributed by atoms with Gasteiger partial charge in [0.1, 0.15) is 11.4 Å². The molecule has 0 aliphatic rings. The lowest BCUT2D eigenvalue weighted by Crippen LogP contribution is -1.98. The summed E-state index contributed by atoms with van der Waals surface area (Å²) in [6.07, 6.45) is 2.15. The third-order valence-electron chi connectivity index (χ3n) is 2.65. The molecule has 19 heavy (non-hydrogen) atoms. The Kier molecular flexibility index (Phi) is 3.24. The van der Waals surface area contributed by atoms with Gasteiger partial charge in [0.2, 0.25) is 0 Å². The van der Waals surface area contributed by atoms with Crippen LogP contribution in [0, 0.1) is 0 Å². The van der Waals surface area contributed by atoms with Crippen molar-refractivity contribution in [3.8, 4) is 5.75 Å². The molecule has 0 aliphatic carbocycles. The zero-order valence-corrected chi connectivity index (χ0v) is 10.0. The van der Waals surface area contributed by atoms with E-state index >= 15 is 0 Å². The Labute approximate surface area is 107 Å². The molecule has 1 aromatic carbocycles. The van der Waals surface area contributed by atoms with E-state index in [1.165, 1.54) is 13.2 Å². The molecule has 0 bridgehead atoms. The molecule has 0 fully saturated rings. The van der Waals surface area contributed by atoms with Crippen molar-refractivity contribution < 1.29 is 24.5 Å². The molecule has 0 aliphatic heterocycles. The molecular weight excluding hydrogens is 250 g/mol. The van der Waals surface area contributed by atoms with Crippen molar-refractivity contribution in [2.75, 3.05) is 7.11 Å². The predicted molar refractivity (Wildman–Crippen MR) is 68.5 cm³/mol. The molecule has 3 N–H and O–H groups in total. The molecule has 1 aromatic heterocycles. The first-order valence-electron chi connectivity index (χ1n) is 5.37. The molecule has 0 spiro atoms. The number of carbonyl (C=O) groups is 2. The summed E-state index contributed by atoms with van der Waals surface area (Å²) in [7, 11) is 1.50. The summed E-state index contributed by atoms with van der Waals surface area (Å²) in [6, 6.07) is 5.02. The summed E-state index contributed by atoms with van der Waals surface area (Å²) in [5.41, 5.74) is 0.854. The maximum atomic E-state index is 11.1. The third-order valence-corrected chi connectivity index (χ3v) is 2.65. The Morgan fingerprint density at radius 2 is 2.05 bits per heavy atom. The van der Waals surface area contributed by atoms with Crippen molar-refractivity contribution in [1.82, 2.24) is 4.98 Å². The minimum Gasteiger partial charge on any atom is -0.497 e. The molecule has 6 nitrogen and oxygen atoms in total. The fraction of sp³-hybridized carbons (Fsp3) is 0.0769. The third kappa shape index (κ3) is 2.42. The Morgan fingerprint density at radius 1 is 1.32 bits per heavy atom. The predicted octanol–water partition coefficient (Wildman–Crippen LogP) is 1.97. The Hall–Kier alpha value is -2.76. The lowest BCUT2D eigenvalue weighted by atomic mass is 10.1. The van der Waals surface area contributed by atoms with Gasteiger partial charge in [-0.3, -0.25) is 0 Å². The lowest BCUT2D eigenvalue weighted by molar-refractivity contribution is -0.131. The first kappa shape index (κ1) is 12.7.